The summed E-state index contributed by atoms with van der Waals surface area (Å²) in [5, 5.41) is 3.42. The van der Waals surface area contributed by atoms with Gasteiger partial charge in [0.2, 0.25) is 5.91 Å². The number of imide groups is 1. The van der Waals surface area contributed by atoms with Crippen LogP contribution in [0.25, 0.3) is 11.3 Å². The normalized spacial score (nSPS) is 13.4. The molecule has 2 heterocycles. The summed E-state index contributed by atoms with van der Waals surface area (Å²) in [5.74, 6) is -1.04. The number of hydrogen-bond donors (Lipinski definition) is 1. The van der Waals surface area contributed by atoms with Crippen LogP contribution in [0.4, 0.5) is 5.69 Å². The molecule has 0 radical (unpaired) electrons. The first kappa shape index (κ1) is 21.0. The van der Waals surface area contributed by atoms with Crippen molar-refractivity contribution in [1.82, 2.24) is 9.88 Å². The van der Waals surface area contributed by atoms with Crippen LogP contribution in [0.3, 0.4) is 0 Å². The van der Waals surface area contributed by atoms with Crippen molar-refractivity contribution in [2.24, 2.45) is 0 Å². The minimum absolute atomic E-state index is 0.119. The molecule has 1 aliphatic rings. The lowest BCUT2D eigenvalue weighted by Crippen LogP contribution is -2.31. The molecule has 0 spiro atoms. The van der Waals surface area contributed by atoms with Crippen molar-refractivity contribution in [1.29, 1.82) is 0 Å². The standard InChI is InChI=1S/C23H17Cl2N3O3/c24-18-9-7-15(13-17(18)20-4-1-2-10-26-20)27-22(30)16-8-6-14(12-19(16)25)23(31)28-11-3-5-21(28)29/h1-2,4,6-10,12-13H,3,5,11H2,(H,27,30). The Morgan fingerprint density at radius 1 is 1.00 bits per heavy atom. The van der Waals surface area contributed by atoms with Gasteiger partial charge in [0.15, 0.2) is 0 Å². The van der Waals surface area contributed by atoms with Crippen LogP contribution < -0.4 is 5.32 Å². The second kappa shape index (κ2) is 8.88. The molecule has 4 rings (SSSR count). The lowest BCUT2D eigenvalue weighted by molar-refractivity contribution is -0.125. The van der Waals surface area contributed by atoms with Crippen LogP contribution in [-0.4, -0.2) is 34.2 Å². The smallest absolute Gasteiger partial charge is 0.260 e. The molecule has 3 aromatic rings. The van der Waals surface area contributed by atoms with Gasteiger partial charge in [-0.05, 0) is 55.0 Å². The highest BCUT2D eigenvalue weighted by Crippen LogP contribution is 2.30. The molecule has 1 N–H and O–H groups in total. The Morgan fingerprint density at radius 2 is 1.84 bits per heavy atom. The summed E-state index contributed by atoms with van der Waals surface area (Å²) in [7, 11) is 0. The molecule has 0 bridgehead atoms. The molecule has 0 atom stereocenters. The van der Waals surface area contributed by atoms with Crippen molar-refractivity contribution < 1.29 is 14.4 Å². The van der Waals surface area contributed by atoms with Gasteiger partial charge in [-0.1, -0.05) is 29.3 Å². The Balaban J connectivity index is 1.54. The van der Waals surface area contributed by atoms with Gasteiger partial charge in [-0.2, -0.15) is 0 Å². The maximum atomic E-state index is 12.8. The highest BCUT2D eigenvalue weighted by molar-refractivity contribution is 6.35. The SMILES string of the molecule is O=C(Nc1ccc(Cl)c(-c2ccccn2)c1)c1ccc(C(=O)N2CCCC2=O)cc1Cl. The maximum Gasteiger partial charge on any atom is 0.260 e. The van der Waals surface area contributed by atoms with Crippen LogP contribution in [-0.2, 0) is 4.79 Å². The van der Waals surface area contributed by atoms with Gasteiger partial charge in [-0.3, -0.25) is 24.3 Å². The monoisotopic (exact) mass is 453 g/mol. The van der Waals surface area contributed by atoms with E-state index in [2.05, 4.69) is 10.3 Å². The molecule has 31 heavy (non-hydrogen) atoms. The van der Waals surface area contributed by atoms with Crippen LogP contribution in [0.15, 0.2) is 60.8 Å². The fourth-order valence-electron chi connectivity index (χ4n) is 3.37. The van der Waals surface area contributed by atoms with E-state index in [1.54, 1.807) is 30.5 Å². The number of nitrogens with zero attached hydrogens (tertiary/aromatic N) is 2. The van der Waals surface area contributed by atoms with Gasteiger partial charge < -0.3 is 5.32 Å². The van der Waals surface area contributed by atoms with Crippen molar-refractivity contribution in [2.45, 2.75) is 12.8 Å². The van der Waals surface area contributed by atoms with E-state index >= 15 is 0 Å². The minimum atomic E-state index is -0.435. The van der Waals surface area contributed by atoms with Crippen LogP contribution >= 0.6 is 23.2 Å². The van der Waals surface area contributed by atoms with Gasteiger partial charge >= 0.3 is 0 Å². The number of nitrogens with one attached hydrogen (secondary N) is 1. The first-order chi connectivity index (χ1) is 14.9. The fourth-order valence-corrected chi connectivity index (χ4v) is 3.85. The fraction of sp³-hybridized carbons (Fsp3) is 0.130. The minimum Gasteiger partial charge on any atom is -0.322 e. The largest absolute Gasteiger partial charge is 0.322 e. The van der Waals surface area contributed by atoms with E-state index in [0.717, 1.165) is 0 Å². The van der Waals surface area contributed by atoms with Gasteiger partial charge in [0.1, 0.15) is 0 Å². The molecule has 3 amide bonds. The average Bonchev–Trinajstić information content (AvgIpc) is 3.20. The van der Waals surface area contributed by atoms with Crippen molar-refractivity contribution in [3.63, 3.8) is 0 Å². The molecule has 1 aromatic heterocycles. The second-order valence-corrected chi connectivity index (χ2v) is 7.83. The van der Waals surface area contributed by atoms with E-state index in [9.17, 15) is 14.4 Å². The van der Waals surface area contributed by atoms with E-state index in [4.69, 9.17) is 23.2 Å². The number of halogens is 2. The van der Waals surface area contributed by atoms with Crippen molar-refractivity contribution >= 4 is 46.6 Å². The van der Waals surface area contributed by atoms with E-state index in [0.29, 0.717) is 41.4 Å². The number of anilines is 1. The first-order valence-corrected chi connectivity index (χ1v) is 10.4. The zero-order valence-corrected chi connectivity index (χ0v) is 17.8. The van der Waals surface area contributed by atoms with E-state index in [1.165, 1.54) is 23.1 Å². The van der Waals surface area contributed by atoms with Crippen molar-refractivity contribution in [3.05, 3.63) is 82.0 Å². The number of amides is 3. The molecule has 156 valence electrons. The Hall–Kier alpha value is -3.22. The molecule has 8 heteroatoms. The van der Waals surface area contributed by atoms with Gasteiger partial charge in [-0.25, -0.2) is 0 Å². The topological polar surface area (TPSA) is 79.4 Å². The number of hydrogen-bond acceptors (Lipinski definition) is 4. The third kappa shape index (κ3) is 4.45. The summed E-state index contributed by atoms with van der Waals surface area (Å²) in [6.07, 6.45) is 2.68. The summed E-state index contributed by atoms with van der Waals surface area (Å²) in [6.45, 7) is 0.396. The predicted octanol–water partition coefficient (Wildman–Crippen LogP) is 5.07. The number of carbonyl (C=O) groups is 3. The molecule has 6 nitrogen and oxygen atoms in total. The van der Waals surface area contributed by atoms with Gasteiger partial charge in [0.25, 0.3) is 11.8 Å². The first-order valence-electron chi connectivity index (χ1n) is 9.60. The van der Waals surface area contributed by atoms with Crippen LogP contribution in [0.2, 0.25) is 10.0 Å². The number of carbonyl (C=O) groups excluding carboxylic acids is 3. The summed E-state index contributed by atoms with van der Waals surface area (Å²) in [4.78, 5) is 42.6. The van der Waals surface area contributed by atoms with Crippen LogP contribution in [0, 0.1) is 0 Å². The van der Waals surface area contributed by atoms with E-state index < -0.39 is 11.8 Å². The molecule has 2 aromatic carbocycles. The third-order valence-corrected chi connectivity index (χ3v) is 5.59. The summed E-state index contributed by atoms with van der Waals surface area (Å²) in [5.41, 5.74) is 2.36. The van der Waals surface area contributed by atoms with Gasteiger partial charge in [0, 0.05) is 36.0 Å². The van der Waals surface area contributed by atoms with E-state index in [1.807, 2.05) is 12.1 Å². The van der Waals surface area contributed by atoms with Crippen molar-refractivity contribution in [2.75, 3.05) is 11.9 Å². The summed E-state index contributed by atoms with van der Waals surface area (Å²) >= 11 is 12.6. The summed E-state index contributed by atoms with van der Waals surface area (Å²) in [6, 6.07) is 14.9. The lowest BCUT2D eigenvalue weighted by Gasteiger charge is -2.14. The third-order valence-electron chi connectivity index (χ3n) is 4.94. The average molecular weight is 454 g/mol. The number of rotatable bonds is 4. The quantitative estimate of drug-likeness (QED) is 0.559. The molecule has 0 aliphatic carbocycles. The van der Waals surface area contributed by atoms with Gasteiger partial charge in [0.05, 0.1) is 21.3 Å². The Labute approximate surface area is 188 Å². The Kier molecular flexibility index (Phi) is 6.02. The molecular formula is C23H17Cl2N3O3. The number of aromatic nitrogens is 1. The molecule has 0 unspecified atom stereocenters. The summed E-state index contributed by atoms with van der Waals surface area (Å²) < 4.78 is 0. The molecule has 1 aliphatic heterocycles. The Bertz CT molecular complexity index is 1180. The zero-order valence-electron chi connectivity index (χ0n) is 16.3. The highest BCUT2D eigenvalue weighted by Gasteiger charge is 2.27. The van der Waals surface area contributed by atoms with Crippen LogP contribution in [0.5, 0.6) is 0 Å². The molecule has 1 fully saturated rings. The zero-order chi connectivity index (χ0) is 22.0. The molecular weight excluding hydrogens is 437 g/mol. The van der Waals surface area contributed by atoms with E-state index in [-0.39, 0.29) is 22.1 Å². The lowest BCUT2D eigenvalue weighted by atomic mass is 10.1. The Morgan fingerprint density at radius 3 is 2.52 bits per heavy atom. The van der Waals surface area contributed by atoms with Gasteiger partial charge in [-0.15, -0.1) is 0 Å². The number of benzene rings is 2. The molecule has 0 saturated carbocycles. The predicted molar refractivity (Wildman–Crippen MR) is 119 cm³/mol. The highest BCUT2D eigenvalue weighted by atomic mass is 35.5. The van der Waals surface area contributed by atoms with Crippen molar-refractivity contribution in [3.8, 4) is 11.3 Å². The maximum absolute atomic E-state index is 12.8. The number of likely N-dealkylation sites (tertiary alicyclic amines) is 1. The second-order valence-electron chi connectivity index (χ2n) is 7.01. The number of pyridine rings is 1. The van der Waals surface area contributed by atoms with Crippen LogP contribution in [0.1, 0.15) is 33.6 Å². The molecule has 1 saturated heterocycles.